The lowest BCUT2D eigenvalue weighted by atomic mass is 10.2. The van der Waals surface area contributed by atoms with Gasteiger partial charge in [0.15, 0.2) is 0 Å². The molecule has 0 amide bonds. The van der Waals surface area contributed by atoms with Crippen molar-refractivity contribution < 1.29 is 9.90 Å². The lowest BCUT2D eigenvalue weighted by Crippen LogP contribution is -2.50. The summed E-state index contributed by atoms with van der Waals surface area (Å²) in [5.74, 6) is -0.493. The van der Waals surface area contributed by atoms with Gasteiger partial charge >= 0.3 is 5.97 Å². The van der Waals surface area contributed by atoms with E-state index in [0.29, 0.717) is 11.4 Å². The smallest absolute Gasteiger partial charge is 0.374 e. The third-order valence-electron chi connectivity index (χ3n) is 4.17. The SMILES string of the molecule is CC1(N2CCN(c3ccnc(C(=O)O)n3)CC2)CC1. The molecule has 19 heavy (non-hydrogen) atoms. The van der Waals surface area contributed by atoms with Crippen LogP contribution in [0.3, 0.4) is 0 Å². The Labute approximate surface area is 112 Å². The number of carboxylic acids is 1. The molecule has 102 valence electrons. The van der Waals surface area contributed by atoms with Crippen LogP contribution in [-0.2, 0) is 0 Å². The molecule has 6 nitrogen and oxygen atoms in total. The van der Waals surface area contributed by atoms with Gasteiger partial charge in [0.25, 0.3) is 0 Å². The number of carbonyl (C=O) groups is 1. The summed E-state index contributed by atoms with van der Waals surface area (Å²) < 4.78 is 0. The van der Waals surface area contributed by atoms with Gasteiger partial charge in [0, 0.05) is 37.9 Å². The van der Waals surface area contributed by atoms with E-state index in [2.05, 4.69) is 26.7 Å². The van der Waals surface area contributed by atoms with Crippen molar-refractivity contribution in [2.75, 3.05) is 31.1 Å². The zero-order valence-corrected chi connectivity index (χ0v) is 11.0. The van der Waals surface area contributed by atoms with Crippen LogP contribution in [0, 0.1) is 0 Å². The van der Waals surface area contributed by atoms with Gasteiger partial charge in [0.1, 0.15) is 5.82 Å². The normalized spacial score (nSPS) is 22.3. The molecular formula is C13H18N4O2. The molecule has 0 bridgehead atoms. The molecule has 3 rings (SSSR count). The van der Waals surface area contributed by atoms with E-state index in [-0.39, 0.29) is 5.82 Å². The maximum absolute atomic E-state index is 10.9. The van der Waals surface area contributed by atoms with Crippen LogP contribution in [0.5, 0.6) is 0 Å². The lowest BCUT2D eigenvalue weighted by molar-refractivity contribution is 0.0683. The molecule has 1 saturated carbocycles. The highest BCUT2D eigenvalue weighted by atomic mass is 16.4. The Balaban J connectivity index is 1.67. The first-order chi connectivity index (χ1) is 9.08. The summed E-state index contributed by atoms with van der Waals surface area (Å²) in [5, 5.41) is 8.91. The van der Waals surface area contributed by atoms with Gasteiger partial charge in [-0.1, -0.05) is 0 Å². The van der Waals surface area contributed by atoms with E-state index in [4.69, 9.17) is 5.11 Å². The van der Waals surface area contributed by atoms with Crippen LogP contribution in [0.15, 0.2) is 12.3 Å². The Morgan fingerprint density at radius 1 is 1.32 bits per heavy atom. The Kier molecular flexibility index (Phi) is 2.89. The van der Waals surface area contributed by atoms with Crippen molar-refractivity contribution in [3.8, 4) is 0 Å². The van der Waals surface area contributed by atoms with Gasteiger partial charge < -0.3 is 10.0 Å². The molecule has 1 saturated heterocycles. The first kappa shape index (κ1) is 12.3. The fraction of sp³-hybridized carbons (Fsp3) is 0.615. The predicted molar refractivity (Wildman–Crippen MR) is 70.4 cm³/mol. The highest BCUT2D eigenvalue weighted by molar-refractivity contribution is 5.83. The van der Waals surface area contributed by atoms with Gasteiger partial charge in [0.2, 0.25) is 5.82 Å². The molecule has 2 aliphatic rings. The number of aromatic carboxylic acids is 1. The van der Waals surface area contributed by atoms with Crippen molar-refractivity contribution in [2.24, 2.45) is 0 Å². The van der Waals surface area contributed by atoms with Crippen molar-refractivity contribution >= 4 is 11.8 Å². The Morgan fingerprint density at radius 2 is 2.00 bits per heavy atom. The monoisotopic (exact) mass is 262 g/mol. The van der Waals surface area contributed by atoms with Crippen molar-refractivity contribution in [3.05, 3.63) is 18.1 Å². The van der Waals surface area contributed by atoms with Crippen molar-refractivity contribution in [1.29, 1.82) is 0 Å². The average molecular weight is 262 g/mol. The molecule has 0 aromatic carbocycles. The molecule has 1 aromatic heterocycles. The predicted octanol–water partition coefficient (Wildman–Crippen LogP) is 0.849. The lowest BCUT2D eigenvalue weighted by Gasteiger charge is -2.38. The molecule has 0 unspecified atom stereocenters. The minimum absolute atomic E-state index is 0.130. The molecule has 0 spiro atoms. The zero-order chi connectivity index (χ0) is 13.5. The van der Waals surface area contributed by atoms with E-state index >= 15 is 0 Å². The van der Waals surface area contributed by atoms with Crippen LogP contribution in [0.2, 0.25) is 0 Å². The molecule has 0 atom stereocenters. The topological polar surface area (TPSA) is 69.6 Å². The maximum Gasteiger partial charge on any atom is 0.374 e. The Bertz CT molecular complexity index is 493. The van der Waals surface area contributed by atoms with Crippen LogP contribution < -0.4 is 4.90 Å². The number of piperazine rings is 1. The molecule has 6 heteroatoms. The summed E-state index contributed by atoms with van der Waals surface area (Å²) in [5.41, 5.74) is 0.421. The number of rotatable bonds is 3. The van der Waals surface area contributed by atoms with E-state index in [0.717, 1.165) is 26.2 Å². The minimum atomic E-state index is -1.08. The molecule has 1 N–H and O–H groups in total. The molecule has 2 fully saturated rings. The number of hydrogen-bond acceptors (Lipinski definition) is 5. The van der Waals surface area contributed by atoms with Crippen LogP contribution in [0.1, 0.15) is 30.4 Å². The van der Waals surface area contributed by atoms with Gasteiger partial charge in [0.05, 0.1) is 0 Å². The first-order valence-corrected chi connectivity index (χ1v) is 6.65. The maximum atomic E-state index is 10.9. The first-order valence-electron chi connectivity index (χ1n) is 6.65. The van der Waals surface area contributed by atoms with E-state index in [1.54, 1.807) is 6.07 Å². The van der Waals surface area contributed by atoms with E-state index in [1.165, 1.54) is 19.0 Å². The summed E-state index contributed by atoms with van der Waals surface area (Å²) in [6.07, 6.45) is 4.10. The number of hydrogen-bond donors (Lipinski definition) is 1. The fourth-order valence-electron chi connectivity index (χ4n) is 2.60. The number of carboxylic acid groups (broad SMARTS) is 1. The second kappa shape index (κ2) is 4.45. The zero-order valence-electron chi connectivity index (χ0n) is 11.0. The molecule has 1 aromatic rings. The second-order valence-corrected chi connectivity index (χ2v) is 5.51. The number of anilines is 1. The molecule has 2 heterocycles. The van der Waals surface area contributed by atoms with Gasteiger partial charge in [-0.05, 0) is 25.8 Å². The minimum Gasteiger partial charge on any atom is -0.475 e. The standard InChI is InChI=1S/C13H18N4O2/c1-13(3-4-13)17-8-6-16(7-9-17)10-2-5-14-11(15-10)12(18)19/h2,5H,3-4,6-9H2,1H3,(H,18,19). The third kappa shape index (κ3) is 2.40. The second-order valence-electron chi connectivity index (χ2n) is 5.51. The molecule has 1 aliphatic heterocycles. The van der Waals surface area contributed by atoms with Crippen LogP contribution in [-0.4, -0.2) is 57.7 Å². The van der Waals surface area contributed by atoms with Crippen molar-refractivity contribution in [2.45, 2.75) is 25.3 Å². The molecule has 0 radical (unpaired) electrons. The third-order valence-corrected chi connectivity index (χ3v) is 4.17. The summed E-state index contributed by atoms with van der Waals surface area (Å²) >= 11 is 0. The Hall–Kier alpha value is -1.69. The summed E-state index contributed by atoms with van der Waals surface area (Å²) in [6.45, 7) is 6.14. The van der Waals surface area contributed by atoms with Gasteiger partial charge in [-0.2, -0.15) is 0 Å². The van der Waals surface area contributed by atoms with Crippen LogP contribution >= 0.6 is 0 Å². The van der Waals surface area contributed by atoms with Crippen molar-refractivity contribution in [3.63, 3.8) is 0 Å². The van der Waals surface area contributed by atoms with E-state index in [1.807, 2.05) is 0 Å². The quantitative estimate of drug-likeness (QED) is 0.871. The van der Waals surface area contributed by atoms with Crippen molar-refractivity contribution in [1.82, 2.24) is 14.9 Å². The largest absolute Gasteiger partial charge is 0.475 e. The van der Waals surface area contributed by atoms with E-state index in [9.17, 15) is 4.79 Å². The highest BCUT2D eigenvalue weighted by Gasteiger charge is 2.43. The molecule has 1 aliphatic carbocycles. The fourth-order valence-corrected chi connectivity index (χ4v) is 2.60. The van der Waals surface area contributed by atoms with Gasteiger partial charge in [-0.3, -0.25) is 4.90 Å². The highest BCUT2D eigenvalue weighted by Crippen LogP contribution is 2.41. The summed E-state index contributed by atoms with van der Waals surface area (Å²) in [7, 11) is 0. The van der Waals surface area contributed by atoms with Crippen LogP contribution in [0.25, 0.3) is 0 Å². The summed E-state index contributed by atoms with van der Waals surface area (Å²) in [4.78, 5) is 23.4. The average Bonchev–Trinajstić information content (AvgIpc) is 3.18. The van der Waals surface area contributed by atoms with Crippen LogP contribution in [0.4, 0.5) is 5.82 Å². The van der Waals surface area contributed by atoms with Gasteiger partial charge in [-0.25, -0.2) is 14.8 Å². The number of nitrogens with zero attached hydrogens (tertiary/aromatic N) is 4. The molecular weight excluding hydrogens is 244 g/mol. The summed E-state index contributed by atoms with van der Waals surface area (Å²) in [6, 6.07) is 1.78. The van der Waals surface area contributed by atoms with Gasteiger partial charge in [-0.15, -0.1) is 0 Å². The van der Waals surface area contributed by atoms with E-state index < -0.39 is 5.97 Å². The number of aromatic nitrogens is 2. The Morgan fingerprint density at radius 3 is 2.58 bits per heavy atom.